The van der Waals surface area contributed by atoms with Crippen molar-refractivity contribution in [2.24, 2.45) is 5.73 Å². The number of primary amides is 1. The molecule has 2 rings (SSSR count). The summed E-state index contributed by atoms with van der Waals surface area (Å²) in [6.07, 6.45) is 0.969. The molecule has 1 aromatic heterocycles. The standard InChI is InChI=1S/C14H16N4O2S3/c1-2-9-3-5-10(6-4-9)16-12(20)8-22-14-18-17-13(23-14)21-7-11(15)19/h3-6H,2,7-8H2,1H3,(H2,15,19)(H,16,20). The van der Waals surface area contributed by atoms with Crippen LogP contribution in [0.3, 0.4) is 0 Å². The summed E-state index contributed by atoms with van der Waals surface area (Å²) in [6, 6.07) is 7.78. The highest BCUT2D eigenvalue weighted by molar-refractivity contribution is 8.03. The summed E-state index contributed by atoms with van der Waals surface area (Å²) in [5.41, 5.74) is 7.08. The van der Waals surface area contributed by atoms with Crippen LogP contribution in [0.5, 0.6) is 0 Å². The van der Waals surface area contributed by atoms with Crippen LogP contribution in [0.4, 0.5) is 5.69 Å². The highest BCUT2D eigenvalue weighted by atomic mass is 32.2. The van der Waals surface area contributed by atoms with Gasteiger partial charge in [0.05, 0.1) is 11.5 Å². The van der Waals surface area contributed by atoms with E-state index in [0.717, 1.165) is 12.1 Å². The van der Waals surface area contributed by atoms with Crippen LogP contribution in [0, 0.1) is 0 Å². The van der Waals surface area contributed by atoms with Crippen LogP contribution >= 0.6 is 34.9 Å². The van der Waals surface area contributed by atoms with Crippen molar-refractivity contribution >= 4 is 52.4 Å². The Labute approximate surface area is 146 Å². The largest absolute Gasteiger partial charge is 0.369 e. The number of benzene rings is 1. The van der Waals surface area contributed by atoms with Crippen LogP contribution in [-0.4, -0.2) is 33.5 Å². The molecule has 1 aromatic carbocycles. The first kappa shape index (κ1) is 17.8. The van der Waals surface area contributed by atoms with E-state index in [2.05, 4.69) is 22.4 Å². The molecule has 122 valence electrons. The predicted molar refractivity (Wildman–Crippen MR) is 95.0 cm³/mol. The summed E-state index contributed by atoms with van der Waals surface area (Å²) in [5, 5.41) is 10.8. The number of nitrogens with one attached hydrogen (secondary N) is 1. The van der Waals surface area contributed by atoms with Crippen molar-refractivity contribution in [1.29, 1.82) is 0 Å². The van der Waals surface area contributed by atoms with E-state index in [1.807, 2.05) is 24.3 Å². The Kier molecular flexibility index (Phi) is 6.87. The van der Waals surface area contributed by atoms with Gasteiger partial charge in [0.25, 0.3) is 0 Å². The highest BCUT2D eigenvalue weighted by Gasteiger charge is 2.09. The van der Waals surface area contributed by atoms with Gasteiger partial charge in [0.2, 0.25) is 11.8 Å². The molecule has 23 heavy (non-hydrogen) atoms. The molecule has 2 aromatic rings. The highest BCUT2D eigenvalue weighted by Crippen LogP contribution is 2.28. The van der Waals surface area contributed by atoms with Crippen LogP contribution in [0.15, 0.2) is 32.9 Å². The maximum Gasteiger partial charge on any atom is 0.234 e. The first-order valence-electron chi connectivity index (χ1n) is 6.83. The van der Waals surface area contributed by atoms with Crippen molar-refractivity contribution in [1.82, 2.24) is 10.2 Å². The second-order valence-corrected chi connectivity index (χ2v) is 7.90. The molecule has 0 saturated carbocycles. The van der Waals surface area contributed by atoms with Crippen molar-refractivity contribution in [3.8, 4) is 0 Å². The number of thioether (sulfide) groups is 2. The third-order valence-electron chi connectivity index (χ3n) is 2.70. The van der Waals surface area contributed by atoms with Gasteiger partial charge in [0.1, 0.15) is 0 Å². The van der Waals surface area contributed by atoms with E-state index < -0.39 is 5.91 Å². The number of hydrogen-bond donors (Lipinski definition) is 2. The molecule has 0 atom stereocenters. The lowest BCUT2D eigenvalue weighted by molar-refractivity contribution is -0.115. The first-order chi connectivity index (χ1) is 11.1. The maximum atomic E-state index is 11.9. The zero-order valence-electron chi connectivity index (χ0n) is 12.4. The Balaban J connectivity index is 1.78. The van der Waals surface area contributed by atoms with Gasteiger partial charge in [0.15, 0.2) is 8.68 Å². The van der Waals surface area contributed by atoms with Crippen LogP contribution in [-0.2, 0) is 16.0 Å². The fraction of sp³-hybridized carbons (Fsp3) is 0.286. The average molecular weight is 369 g/mol. The van der Waals surface area contributed by atoms with E-state index in [9.17, 15) is 9.59 Å². The van der Waals surface area contributed by atoms with E-state index >= 15 is 0 Å². The van der Waals surface area contributed by atoms with E-state index in [0.29, 0.717) is 8.68 Å². The summed E-state index contributed by atoms with van der Waals surface area (Å²) in [5.74, 6) is -0.0632. The van der Waals surface area contributed by atoms with Gasteiger partial charge < -0.3 is 11.1 Å². The van der Waals surface area contributed by atoms with Gasteiger partial charge in [-0.1, -0.05) is 53.9 Å². The van der Waals surface area contributed by atoms with Gasteiger partial charge in [-0.05, 0) is 24.1 Å². The molecule has 0 saturated heterocycles. The average Bonchev–Trinajstić information content (AvgIpc) is 3.00. The number of hydrogen-bond acceptors (Lipinski definition) is 7. The van der Waals surface area contributed by atoms with Gasteiger partial charge in [-0.15, -0.1) is 10.2 Å². The minimum Gasteiger partial charge on any atom is -0.369 e. The molecule has 6 nitrogen and oxygen atoms in total. The van der Waals surface area contributed by atoms with E-state index in [1.54, 1.807) is 0 Å². The Morgan fingerprint density at radius 3 is 2.30 bits per heavy atom. The molecule has 0 fully saturated rings. The van der Waals surface area contributed by atoms with Gasteiger partial charge in [-0.25, -0.2) is 0 Å². The second-order valence-electron chi connectivity index (χ2n) is 4.48. The number of nitrogens with zero attached hydrogens (tertiary/aromatic N) is 2. The van der Waals surface area contributed by atoms with Crippen molar-refractivity contribution in [2.45, 2.75) is 22.0 Å². The Bertz CT molecular complexity index is 673. The maximum absolute atomic E-state index is 11.9. The fourth-order valence-electron chi connectivity index (χ4n) is 1.59. The van der Waals surface area contributed by atoms with E-state index in [-0.39, 0.29) is 17.4 Å². The SMILES string of the molecule is CCc1ccc(NC(=O)CSc2nnc(SCC(N)=O)s2)cc1. The summed E-state index contributed by atoms with van der Waals surface area (Å²) in [6.45, 7) is 2.09. The third kappa shape index (κ3) is 6.20. The van der Waals surface area contributed by atoms with E-state index in [1.165, 1.54) is 40.4 Å². The molecule has 3 N–H and O–H groups in total. The lowest BCUT2D eigenvalue weighted by Gasteiger charge is -2.04. The lowest BCUT2D eigenvalue weighted by atomic mass is 10.1. The first-order valence-corrected chi connectivity index (χ1v) is 9.61. The van der Waals surface area contributed by atoms with Crippen molar-refractivity contribution in [2.75, 3.05) is 16.8 Å². The van der Waals surface area contributed by atoms with Crippen LogP contribution in [0.1, 0.15) is 12.5 Å². The molecule has 0 aliphatic rings. The van der Waals surface area contributed by atoms with Crippen LogP contribution in [0.2, 0.25) is 0 Å². The molecule has 0 aliphatic carbocycles. The summed E-state index contributed by atoms with van der Waals surface area (Å²) in [4.78, 5) is 22.6. The smallest absolute Gasteiger partial charge is 0.234 e. The Morgan fingerprint density at radius 1 is 1.13 bits per heavy atom. The van der Waals surface area contributed by atoms with Crippen molar-refractivity contribution in [3.05, 3.63) is 29.8 Å². The van der Waals surface area contributed by atoms with Gasteiger partial charge >= 0.3 is 0 Å². The number of rotatable bonds is 8. The second kappa shape index (κ2) is 8.90. The summed E-state index contributed by atoms with van der Waals surface area (Å²) in [7, 11) is 0. The number of anilines is 1. The molecule has 0 aliphatic heterocycles. The lowest BCUT2D eigenvalue weighted by Crippen LogP contribution is -2.13. The molecule has 0 radical (unpaired) electrons. The molecular weight excluding hydrogens is 352 g/mol. The Morgan fingerprint density at radius 2 is 1.74 bits per heavy atom. The molecule has 0 spiro atoms. The molecule has 9 heteroatoms. The van der Waals surface area contributed by atoms with Gasteiger partial charge in [-0.3, -0.25) is 9.59 Å². The minimum absolute atomic E-state index is 0.0965. The van der Waals surface area contributed by atoms with Gasteiger partial charge in [-0.2, -0.15) is 0 Å². The zero-order valence-corrected chi connectivity index (χ0v) is 14.9. The monoisotopic (exact) mass is 368 g/mol. The number of carbonyl (C=O) groups is 2. The normalized spacial score (nSPS) is 10.5. The number of carbonyl (C=O) groups excluding carboxylic acids is 2. The fourth-order valence-corrected chi connectivity index (χ4v) is 4.15. The number of aryl methyl sites for hydroxylation is 1. The molecule has 0 unspecified atom stereocenters. The summed E-state index contributed by atoms with van der Waals surface area (Å²) < 4.78 is 1.36. The third-order valence-corrected chi connectivity index (χ3v) is 5.91. The number of aromatic nitrogens is 2. The molecular formula is C14H16N4O2S3. The van der Waals surface area contributed by atoms with Crippen molar-refractivity contribution in [3.63, 3.8) is 0 Å². The topological polar surface area (TPSA) is 98.0 Å². The molecule has 1 heterocycles. The molecule has 2 amide bonds. The molecule has 0 bridgehead atoms. The van der Waals surface area contributed by atoms with Gasteiger partial charge in [0, 0.05) is 5.69 Å². The van der Waals surface area contributed by atoms with Crippen LogP contribution < -0.4 is 11.1 Å². The Hall–Kier alpha value is -1.58. The number of nitrogens with two attached hydrogens (primary N) is 1. The summed E-state index contributed by atoms with van der Waals surface area (Å²) >= 11 is 3.90. The zero-order chi connectivity index (χ0) is 16.7. The number of amides is 2. The minimum atomic E-state index is -0.395. The van der Waals surface area contributed by atoms with E-state index in [4.69, 9.17) is 5.73 Å². The quantitative estimate of drug-likeness (QED) is 0.694. The van der Waals surface area contributed by atoms with Crippen molar-refractivity contribution < 1.29 is 9.59 Å². The van der Waals surface area contributed by atoms with Crippen LogP contribution in [0.25, 0.3) is 0 Å². The predicted octanol–water partition coefficient (Wildman–Crippen LogP) is 2.41.